The molecule has 4 aromatic carbocycles. The van der Waals surface area contributed by atoms with Crippen LogP contribution >= 0.6 is 0 Å². The highest BCUT2D eigenvalue weighted by molar-refractivity contribution is 5.87. The predicted molar refractivity (Wildman–Crippen MR) is 159 cm³/mol. The zero-order valence-electron chi connectivity index (χ0n) is 22.1. The average molecular weight is 522 g/mol. The molecule has 0 amide bonds. The van der Waals surface area contributed by atoms with Crippen LogP contribution in [-0.2, 0) is 13.0 Å². The van der Waals surface area contributed by atoms with Crippen LogP contribution in [0.15, 0.2) is 103 Å². The van der Waals surface area contributed by atoms with Gasteiger partial charge in [0.2, 0.25) is 0 Å². The minimum Gasteiger partial charge on any atom is -0.323 e. The molecule has 0 fully saturated rings. The number of tetrazole rings is 1. The molecule has 40 heavy (non-hydrogen) atoms. The van der Waals surface area contributed by atoms with Gasteiger partial charge in [-0.1, -0.05) is 85.8 Å². The number of aromatic nitrogens is 7. The van der Waals surface area contributed by atoms with E-state index in [1.54, 1.807) is 0 Å². The van der Waals surface area contributed by atoms with Crippen molar-refractivity contribution in [1.82, 2.24) is 35.2 Å². The number of rotatable bonds is 7. The SMILES string of the molecule is CCCc1nc2ccc(-c3cc4ccccc4cn3)cc2n1Cc1ccc(-c2ccccc2-c2nnn[nH]2)cc1. The van der Waals surface area contributed by atoms with Crippen LogP contribution in [0.3, 0.4) is 0 Å². The lowest BCUT2D eigenvalue weighted by molar-refractivity contribution is 0.722. The molecule has 0 saturated heterocycles. The van der Waals surface area contributed by atoms with Crippen molar-refractivity contribution in [2.45, 2.75) is 26.3 Å². The third kappa shape index (κ3) is 4.41. The summed E-state index contributed by atoms with van der Waals surface area (Å²) in [7, 11) is 0. The Labute approximate surface area is 231 Å². The first kappa shape index (κ1) is 23.9. The molecule has 0 atom stereocenters. The summed E-state index contributed by atoms with van der Waals surface area (Å²) in [6.45, 7) is 2.94. The lowest BCUT2D eigenvalue weighted by atomic mass is 9.98. The molecule has 1 N–H and O–H groups in total. The standard InChI is InChI=1S/C33H27N7/c1-2-7-32-35-29-17-16-25(30-18-24-8-3-4-9-26(24)20-34-30)19-31(29)40(32)21-22-12-14-23(15-13-22)27-10-5-6-11-28(27)33-36-38-39-37-33/h3-6,8-20H,2,7,21H2,1H3,(H,36,37,38,39). The molecule has 7 rings (SSSR count). The molecule has 7 aromatic rings. The Morgan fingerprint density at radius 1 is 0.775 bits per heavy atom. The fourth-order valence-electron chi connectivity index (χ4n) is 5.35. The predicted octanol–water partition coefficient (Wildman–Crippen LogP) is 7.10. The summed E-state index contributed by atoms with van der Waals surface area (Å²) in [4.78, 5) is 9.77. The van der Waals surface area contributed by atoms with Gasteiger partial charge in [0.1, 0.15) is 5.82 Å². The fourth-order valence-corrected chi connectivity index (χ4v) is 5.35. The summed E-state index contributed by atoms with van der Waals surface area (Å²) < 4.78 is 2.35. The molecule has 0 bridgehead atoms. The third-order valence-corrected chi connectivity index (χ3v) is 7.36. The van der Waals surface area contributed by atoms with Crippen molar-refractivity contribution in [2.24, 2.45) is 0 Å². The monoisotopic (exact) mass is 521 g/mol. The number of nitrogens with zero attached hydrogens (tertiary/aromatic N) is 6. The van der Waals surface area contributed by atoms with Crippen LogP contribution in [0.25, 0.3) is 55.6 Å². The highest BCUT2D eigenvalue weighted by Crippen LogP contribution is 2.31. The van der Waals surface area contributed by atoms with Crippen molar-refractivity contribution in [3.63, 3.8) is 0 Å². The van der Waals surface area contributed by atoms with Gasteiger partial charge in [-0.3, -0.25) is 4.98 Å². The maximum atomic E-state index is 5.01. The van der Waals surface area contributed by atoms with Crippen molar-refractivity contribution in [3.8, 4) is 33.8 Å². The van der Waals surface area contributed by atoms with Gasteiger partial charge in [0.25, 0.3) is 0 Å². The Balaban J connectivity index is 1.24. The van der Waals surface area contributed by atoms with Gasteiger partial charge in [-0.15, -0.1) is 5.10 Å². The Morgan fingerprint density at radius 3 is 2.35 bits per heavy atom. The van der Waals surface area contributed by atoms with Crippen molar-refractivity contribution < 1.29 is 0 Å². The van der Waals surface area contributed by atoms with Crippen molar-refractivity contribution >= 4 is 21.8 Å². The fraction of sp³-hybridized carbons (Fsp3) is 0.121. The van der Waals surface area contributed by atoms with Gasteiger partial charge >= 0.3 is 0 Å². The lowest BCUT2D eigenvalue weighted by Crippen LogP contribution is -2.05. The maximum absolute atomic E-state index is 5.01. The van der Waals surface area contributed by atoms with E-state index in [1.807, 2.05) is 30.5 Å². The quantitative estimate of drug-likeness (QED) is 0.242. The second kappa shape index (κ2) is 10.2. The minimum absolute atomic E-state index is 0.658. The van der Waals surface area contributed by atoms with E-state index >= 15 is 0 Å². The molecule has 0 unspecified atom stereocenters. The van der Waals surface area contributed by atoms with Crippen LogP contribution in [-0.4, -0.2) is 35.2 Å². The number of aromatic amines is 1. The molecule has 3 heterocycles. The number of hydrogen-bond acceptors (Lipinski definition) is 5. The third-order valence-electron chi connectivity index (χ3n) is 7.36. The van der Waals surface area contributed by atoms with E-state index in [-0.39, 0.29) is 0 Å². The molecule has 194 valence electrons. The van der Waals surface area contributed by atoms with E-state index in [1.165, 1.54) is 10.9 Å². The van der Waals surface area contributed by atoms with Crippen LogP contribution in [0.5, 0.6) is 0 Å². The van der Waals surface area contributed by atoms with Gasteiger partial charge in [0.15, 0.2) is 5.82 Å². The second-order valence-electron chi connectivity index (χ2n) is 9.98. The number of benzene rings is 4. The molecule has 0 aliphatic carbocycles. The zero-order valence-corrected chi connectivity index (χ0v) is 22.1. The Morgan fingerprint density at radius 2 is 1.55 bits per heavy atom. The summed E-state index contributed by atoms with van der Waals surface area (Å²) >= 11 is 0. The summed E-state index contributed by atoms with van der Waals surface area (Å²) in [5, 5.41) is 16.8. The number of fused-ring (bicyclic) bond motifs is 2. The van der Waals surface area contributed by atoms with Gasteiger partial charge in [-0.05, 0) is 57.1 Å². The zero-order chi connectivity index (χ0) is 26.9. The van der Waals surface area contributed by atoms with Crippen LogP contribution in [0.4, 0.5) is 0 Å². The van der Waals surface area contributed by atoms with Crippen LogP contribution in [0, 0.1) is 0 Å². The molecule has 0 aliphatic heterocycles. The Kier molecular flexibility index (Phi) is 6.09. The van der Waals surface area contributed by atoms with Crippen LogP contribution < -0.4 is 0 Å². The van der Waals surface area contributed by atoms with Crippen molar-refractivity contribution in [2.75, 3.05) is 0 Å². The molecular weight excluding hydrogens is 494 g/mol. The smallest absolute Gasteiger partial charge is 0.180 e. The summed E-state index contributed by atoms with van der Waals surface area (Å²) in [5.41, 5.74) is 8.59. The molecule has 3 aromatic heterocycles. The second-order valence-corrected chi connectivity index (χ2v) is 9.98. The van der Waals surface area contributed by atoms with E-state index in [0.29, 0.717) is 5.82 Å². The first-order valence-corrected chi connectivity index (χ1v) is 13.5. The van der Waals surface area contributed by atoms with Gasteiger partial charge in [-0.25, -0.2) is 10.1 Å². The number of nitrogens with one attached hydrogen (secondary N) is 1. The highest BCUT2D eigenvalue weighted by Gasteiger charge is 2.14. The van der Waals surface area contributed by atoms with E-state index in [4.69, 9.17) is 9.97 Å². The van der Waals surface area contributed by atoms with Crippen molar-refractivity contribution in [3.05, 3.63) is 115 Å². The topological polar surface area (TPSA) is 85.2 Å². The van der Waals surface area contributed by atoms with Crippen LogP contribution in [0.1, 0.15) is 24.7 Å². The van der Waals surface area contributed by atoms with E-state index in [0.717, 1.165) is 69.6 Å². The van der Waals surface area contributed by atoms with Gasteiger partial charge in [0.05, 0.1) is 16.7 Å². The van der Waals surface area contributed by atoms with E-state index in [9.17, 15) is 0 Å². The number of hydrogen-bond donors (Lipinski definition) is 1. The average Bonchev–Trinajstić information content (AvgIpc) is 3.66. The first-order valence-electron chi connectivity index (χ1n) is 13.5. The molecule has 7 nitrogen and oxygen atoms in total. The number of pyridine rings is 1. The van der Waals surface area contributed by atoms with Crippen molar-refractivity contribution in [1.29, 1.82) is 0 Å². The minimum atomic E-state index is 0.658. The number of aryl methyl sites for hydroxylation is 1. The van der Waals surface area contributed by atoms with E-state index in [2.05, 4.69) is 105 Å². The number of H-pyrrole nitrogens is 1. The highest BCUT2D eigenvalue weighted by atomic mass is 15.5. The maximum Gasteiger partial charge on any atom is 0.180 e. The first-order chi connectivity index (χ1) is 19.8. The summed E-state index contributed by atoms with van der Waals surface area (Å²) in [6.07, 6.45) is 3.91. The Hall–Kier alpha value is -5.17. The van der Waals surface area contributed by atoms with Gasteiger partial charge in [0, 0.05) is 35.7 Å². The van der Waals surface area contributed by atoms with Gasteiger partial charge < -0.3 is 4.57 Å². The molecule has 7 heteroatoms. The molecule has 0 aliphatic rings. The van der Waals surface area contributed by atoms with E-state index < -0.39 is 0 Å². The van der Waals surface area contributed by atoms with Crippen LogP contribution in [0.2, 0.25) is 0 Å². The molecule has 0 radical (unpaired) electrons. The molecule has 0 saturated carbocycles. The normalized spacial score (nSPS) is 11.4. The number of imidazole rings is 1. The Bertz CT molecular complexity index is 1940. The lowest BCUT2D eigenvalue weighted by Gasteiger charge is -2.12. The molecular formula is C33H27N7. The van der Waals surface area contributed by atoms with Gasteiger partial charge in [-0.2, -0.15) is 0 Å². The molecule has 0 spiro atoms. The summed E-state index contributed by atoms with van der Waals surface area (Å²) in [5.74, 6) is 1.76. The largest absolute Gasteiger partial charge is 0.323 e. The summed E-state index contributed by atoms with van der Waals surface area (Å²) in [6, 6.07) is 33.9.